The van der Waals surface area contributed by atoms with Crippen LogP contribution in [0.2, 0.25) is 0 Å². The van der Waals surface area contributed by atoms with E-state index in [2.05, 4.69) is 9.80 Å². The molecule has 0 bridgehead atoms. The van der Waals surface area contributed by atoms with Crippen molar-refractivity contribution < 1.29 is 9.59 Å². The Labute approximate surface area is 68.1 Å². The van der Waals surface area contributed by atoms with Crippen LogP contribution in [-0.2, 0) is 0 Å². The Bertz CT molecular complexity index is 160. The first-order valence-electron chi connectivity index (χ1n) is 3.18. The van der Waals surface area contributed by atoms with E-state index < -0.39 is 5.85 Å². The zero-order valence-electron chi connectivity index (χ0n) is 6.97. The lowest BCUT2D eigenvalue weighted by atomic mass is 10.5. The molecule has 6 heteroatoms. The fourth-order valence-corrected chi connectivity index (χ4v) is 1.34. The van der Waals surface area contributed by atoms with E-state index in [4.69, 9.17) is 5.53 Å². The summed E-state index contributed by atoms with van der Waals surface area (Å²) in [6, 6.07) is 0. The molecule has 0 heterocycles. The fourth-order valence-electron chi connectivity index (χ4n) is 0.609. The van der Waals surface area contributed by atoms with Gasteiger partial charge in [0.1, 0.15) is 0 Å². The van der Waals surface area contributed by atoms with E-state index in [9.17, 15) is 5.11 Å². The van der Waals surface area contributed by atoms with Crippen LogP contribution in [0.4, 0.5) is 0 Å². The van der Waals surface area contributed by atoms with Crippen LogP contribution in [0.25, 0.3) is 10.4 Å². The predicted octanol–water partition coefficient (Wildman–Crippen LogP) is 1.18. The molecule has 11 heavy (non-hydrogen) atoms. The normalized spacial score (nSPS) is 14.9. The number of rotatable bonds is 4. The predicted molar refractivity (Wildman–Crippen MR) is 45.0 cm³/mol. The summed E-state index contributed by atoms with van der Waals surface area (Å²) in [5.74, 6) is -0.564. The molecule has 0 saturated carbocycles. The van der Waals surface area contributed by atoms with Gasteiger partial charge in [-0.1, -0.05) is 0 Å². The monoisotopic (exact) mass is 176 g/mol. The zero-order valence-corrected chi connectivity index (χ0v) is 7.86. The van der Waals surface area contributed by atoms with Crippen LogP contribution in [-0.4, -0.2) is 43.1 Å². The molecule has 0 radical (unpaired) electrons. The zero-order chi connectivity index (χ0) is 8.91. The Balaban J connectivity index is 3.69. The Hall–Kier alpha value is -0.340. The number of aliphatic hydroxyl groups excluding tert-OH is 1. The number of nitrogens with zero attached hydrogens (tertiary/aromatic N) is 4. The Morgan fingerprint density at radius 1 is 1.64 bits per heavy atom. The van der Waals surface area contributed by atoms with Gasteiger partial charge in [-0.05, 0) is 16.3 Å². The van der Waals surface area contributed by atoms with Crippen LogP contribution in [0, 0.1) is 0 Å². The van der Waals surface area contributed by atoms with Gasteiger partial charge in [0.05, 0.1) is 27.7 Å². The van der Waals surface area contributed by atoms with E-state index in [-0.39, 0.29) is 0 Å². The molecular formula is C5H13N4OP. The second-order valence-electron chi connectivity index (χ2n) is 3.25. The van der Waals surface area contributed by atoms with Crippen molar-refractivity contribution in [2.45, 2.75) is 5.85 Å². The summed E-state index contributed by atoms with van der Waals surface area (Å²) in [6.45, 7) is 0.584. The van der Waals surface area contributed by atoms with Crippen LogP contribution in [0.5, 0.6) is 0 Å². The molecule has 1 unspecified atom stereocenters. The molecule has 0 rings (SSSR count). The SMILES string of the molecule is C[N+](C)(C)CC(O)[P-]N=[N+]=[N-]. The van der Waals surface area contributed by atoms with Gasteiger partial charge in [0, 0.05) is 0 Å². The summed E-state index contributed by atoms with van der Waals surface area (Å²) >= 11 is 0. The number of aliphatic hydroxyl groups is 1. The summed E-state index contributed by atoms with van der Waals surface area (Å²) in [5.41, 5.74) is 7.95. The van der Waals surface area contributed by atoms with E-state index in [1.807, 2.05) is 21.1 Å². The minimum absolute atomic E-state index is 0.390. The molecule has 0 aromatic rings. The van der Waals surface area contributed by atoms with Gasteiger partial charge < -0.3 is 18.3 Å². The lowest BCUT2D eigenvalue weighted by Gasteiger charge is -2.31. The van der Waals surface area contributed by atoms with Gasteiger partial charge in [0.15, 0.2) is 0 Å². The number of azide groups is 1. The fraction of sp³-hybridized carbons (Fsp3) is 1.00. The molecule has 0 aromatic heterocycles. The van der Waals surface area contributed by atoms with Gasteiger partial charge in [-0.2, -0.15) is 0 Å². The van der Waals surface area contributed by atoms with Crippen molar-refractivity contribution in [1.82, 2.24) is 0 Å². The third-order valence-corrected chi connectivity index (χ3v) is 1.55. The molecule has 1 atom stereocenters. The quantitative estimate of drug-likeness (QED) is 0.226. The van der Waals surface area contributed by atoms with Crippen LogP contribution < -0.4 is 0 Å². The summed E-state index contributed by atoms with van der Waals surface area (Å²) in [7, 11) is 6.29. The summed E-state index contributed by atoms with van der Waals surface area (Å²) < 4.78 is 0.662. The third-order valence-electron chi connectivity index (χ3n) is 0.936. The molecule has 0 saturated heterocycles. The summed E-state index contributed by atoms with van der Waals surface area (Å²) in [6.07, 6.45) is 0. The van der Waals surface area contributed by atoms with Crippen LogP contribution in [0.3, 0.4) is 0 Å². The summed E-state index contributed by atoms with van der Waals surface area (Å²) in [5, 5.41) is 9.22. The second-order valence-corrected chi connectivity index (χ2v) is 4.25. The molecule has 0 aliphatic heterocycles. The third kappa shape index (κ3) is 7.56. The molecule has 0 aliphatic rings. The van der Waals surface area contributed by atoms with Crippen molar-refractivity contribution in [3.8, 4) is 0 Å². The van der Waals surface area contributed by atoms with Crippen molar-refractivity contribution in [3.05, 3.63) is 10.4 Å². The maximum atomic E-state index is 9.22. The van der Waals surface area contributed by atoms with Crippen molar-refractivity contribution in [1.29, 1.82) is 0 Å². The van der Waals surface area contributed by atoms with Crippen molar-refractivity contribution in [2.24, 2.45) is 4.88 Å². The van der Waals surface area contributed by atoms with Crippen LogP contribution >= 0.6 is 8.73 Å². The molecule has 0 fully saturated rings. The number of hydrogen-bond acceptors (Lipinski definition) is 2. The average Bonchev–Trinajstić information content (AvgIpc) is 1.79. The first-order valence-corrected chi connectivity index (χ1v) is 4.10. The maximum Gasteiger partial charge on any atom is 0.0771 e. The highest BCUT2D eigenvalue weighted by molar-refractivity contribution is 7.36. The van der Waals surface area contributed by atoms with Gasteiger partial charge in [0.2, 0.25) is 0 Å². The van der Waals surface area contributed by atoms with E-state index in [1.54, 1.807) is 0 Å². The van der Waals surface area contributed by atoms with E-state index in [0.717, 1.165) is 0 Å². The molecule has 5 nitrogen and oxygen atoms in total. The van der Waals surface area contributed by atoms with E-state index in [1.165, 1.54) is 0 Å². The van der Waals surface area contributed by atoms with Gasteiger partial charge >= 0.3 is 0 Å². The highest BCUT2D eigenvalue weighted by Gasteiger charge is 2.06. The minimum Gasteiger partial charge on any atom is -0.421 e. The number of quaternary nitrogens is 1. The standard InChI is InChI=1S/C5H13N4OP/c1-9(2,3)4-5(10)11-8-7-6/h5,10H,4H2,1-3H3. The van der Waals surface area contributed by atoms with Gasteiger partial charge in [0.25, 0.3) is 0 Å². The Morgan fingerprint density at radius 2 is 2.18 bits per heavy atom. The van der Waals surface area contributed by atoms with Gasteiger partial charge in [-0.25, -0.2) is 0 Å². The van der Waals surface area contributed by atoms with Crippen molar-refractivity contribution in [3.63, 3.8) is 0 Å². The lowest BCUT2D eigenvalue weighted by molar-refractivity contribution is -0.871. The molecular weight excluding hydrogens is 163 g/mol. The smallest absolute Gasteiger partial charge is 0.0771 e. The van der Waals surface area contributed by atoms with Crippen LogP contribution in [0.1, 0.15) is 0 Å². The molecule has 0 amide bonds. The minimum atomic E-state index is -0.564. The molecule has 0 aromatic carbocycles. The Kier molecular flexibility index (Phi) is 4.38. The highest BCUT2D eigenvalue weighted by atomic mass is 31.1. The first kappa shape index (κ1) is 10.7. The van der Waals surface area contributed by atoms with E-state index in [0.29, 0.717) is 19.8 Å². The van der Waals surface area contributed by atoms with Crippen molar-refractivity contribution in [2.75, 3.05) is 27.7 Å². The van der Waals surface area contributed by atoms with Gasteiger partial charge in [-0.15, -0.1) is 0 Å². The number of likely N-dealkylation sites (N-methyl/N-ethyl adjacent to an activating group) is 1. The lowest BCUT2D eigenvalue weighted by Crippen LogP contribution is -2.39. The van der Waals surface area contributed by atoms with Crippen molar-refractivity contribution >= 4 is 8.73 Å². The topological polar surface area (TPSA) is 69.0 Å². The second kappa shape index (κ2) is 4.52. The largest absolute Gasteiger partial charge is 0.421 e. The molecule has 1 N–H and O–H groups in total. The first-order chi connectivity index (χ1) is 4.95. The Morgan fingerprint density at radius 3 is 2.55 bits per heavy atom. The van der Waals surface area contributed by atoms with Gasteiger partial charge in [-0.3, -0.25) is 4.88 Å². The molecule has 64 valence electrons. The molecule has 0 aliphatic carbocycles. The summed E-state index contributed by atoms with van der Waals surface area (Å²) in [4.78, 5) is 5.80. The average molecular weight is 176 g/mol. The number of hydrogen-bond donors (Lipinski definition) is 1. The maximum absolute atomic E-state index is 9.22. The molecule has 0 spiro atoms. The van der Waals surface area contributed by atoms with Crippen LogP contribution in [0.15, 0.2) is 4.88 Å². The highest BCUT2D eigenvalue weighted by Crippen LogP contribution is 2.19. The van der Waals surface area contributed by atoms with E-state index >= 15 is 0 Å².